The molecule has 208 valence electrons. The number of amides is 2. The van der Waals surface area contributed by atoms with Crippen molar-refractivity contribution in [2.24, 2.45) is 5.73 Å². The Morgan fingerprint density at radius 1 is 1.12 bits per heavy atom. The van der Waals surface area contributed by atoms with E-state index in [2.05, 4.69) is 15.3 Å². The molecule has 4 heterocycles. The van der Waals surface area contributed by atoms with Gasteiger partial charge in [-0.3, -0.25) is 14.5 Å². The van der Waals surface area contributed by atoms with Gasteiger partial charge in [-0.25, -0.2) is 14.6 Å². The largest absolute Gasteiger partial charge is 0.482 e. The third kappa shape index (κ3) is 6.06. The molecule has 2 aromatic heterocycles. The number of rotatable bonds is 4. The fourth-order valence-corrected chi connectivity index (χ4v) is 5.32. The number of hydrogen-bond donors (Lipinski definition) is 4. The molecule has 0 spiro atoms. The second-order valence-electron chi connectivity index (χ2n) is 8.67. The number of anilines is 1. The number of nitrogens with zero attached hydrogens (tertiary/aromatic N) is 2. The molecule has 0 bridgehead atoms. The fourth-order valence-electron chi connectivity index (χ4n) is 4.12. The van der Waals surface area contributed by atoms with Crippen LogP contribution in [-0.2, 0) is 35.8 Å². The molecule has 4 aromatic rings. The molecule has 0 saturated carbocycles. The van der Waals surface area contributed by atoms with E-state index < -0.39 is 17.6 Å². The van der Waals surface area contributed by atoms with Gasteiger partial charge in [0.1, 0.15) is 17.2 Å². The molecule has 0 atom stereocenters. The number of carboxylic acids is 1. The molecule has 2 aliphatic heterocycles. The first-order valence-electron chi connectivity index (χ1n) is 11.8. The predicted octanol–water partition coefficient (Wildman–Crippen LogP) is 3.23. The van der Waals surface area contributed by atoms with Crippen LogP contribution in [0, 0.1) is 0 Å². The van der Waals surface area contributed by atoms with Crippen LogP contribution in [0.5, 0.6) is 5.75 Å². The third-order valence-electron chi connectivity index (χ3n) is 6.01. The zero-order valence-electron chi connectivity index (χ0n) is 20.8. The van der Waals surface area contributed by atoms with Gasteiger partial charge in [-0.1, -0.05) is 36.4 Å². The Balaban J connectivity index is 0.000000223. The normalized spacial score (nSPS) is 13.1. The summed E-state index contributed by atoms with van der Waals surface area (Å²) in [6.07, 6.45) is -0.461. The number of aromatic carboxylic acids is 1. The van der Waals surface area contributed by atoms with E-state index in [0.29, 0.717) is 40.3 Å². The number of carboxylic acid groups (broad SMARTS) is 1. The molecule has 2 amide bonds. The SMILES string of the molecule is Cl.NCc1ccc2c(c1)NC(=O)CO2.O=C(O)c1nc2sc3c(c2c(=O)[nH]1)CN(C(=O)OCc1ccccc1)C3. The second-order valence-corrected chi connectivity index (χ2v) is 9.75. The van der Waals surface area contributed by atoms with E-state index in [-0.39, 0.29) is 43.9 Å². The molecule has 0 saturated heterocycles. The van der Waals surface area contributed by atoms with Crippen LogP contribution in [0.3, 0.4) is 0 Å². The number of nitrogens with one attached hydrogen (secondary N) is 2. The number of halogens is 1. The Kier molecular flexibility index (Phi) is 8.67. The highest BCUT2D eigenvalue weighted by Crippen LogP contribution is 2.35. The van der Waals surface area contributed by atoms with E-state index in [9.17, 15) is 19.2 Å². The van der Waals surface area contributed by atoms with Crippen molar-refractivity contribution in [2.45, 2.75) is 26.2 Å². The molecule has 5 N–H and O–H groups in total. The summed E-state index contributed by atoms with van der Waals surface area (Å²) in [4.78, 5) is 55.4. The van der Waals surface area contributed by atoms with E-state index in [4.69, 9.17) is 20.3 Å². The van der Waals surface area contributed by atoms with Gasteiger partial charge in [-0.2, -0.15) is 0 Å². The molecule has 6 rings (SSSR count). The smallest absolute Gasteiger partial charge is 0.410 e. The lowest BCUT2D eigenvalue weighted by molar-refractivity contribution is -0.118. The monoisotopic (exact) mass is 585 g/mol. The van der Waals surface area contributed by atoms with E-state index in [0.717, 1.165) is 16.0 Å². The van der Waals surface area contributed by atoms with Crippen molar-refractivity contribution in [3.05, 3.63) is 86.3 Å². The average Bonchev–Trinajstić information content (AvgIpc) is 3.50. The van der Waals surface area contributed by atoms with Crippen molar-refractivity contribution in [3.8, 4) is 5.75 Å². The van der Waals surface area contributed by atoms with Gasteiger partial charge in [0, 0.05) is 17.0 Å². The number of hydrogen-bond acceptors (Lipinski definition) is 9. The number of carbonyl (C=O) groups is 3. The maximum Gasteiger partial charge on any atom is 0.410 e. The maximum absolute atomic E-state index is 12.3. The lowest BCUT2D eigenvalue weighted by Crippen LogP contribution is -2.26. The first kappa shape index (κ1) is 28.5. The van der Waals surface area contributed by atoms with Crippen LogP contribution in [0.2, 0.25) is 0 Å². The minimum atomic E-state index is -1.29. The summed E-state index contributed by atoms with van der Waals surface area (Å²) < 4.78 is 10.5. The molecule has 2 aromatic carbocycles. The number of benzene rings is 2. The molecule has 14 heteroatoms. The minimum absolute atomic E-state index is 0. The van der Waals surface area contributed by atoms with Crippen LogP contribution >= 0.6 is 23.7 Å². The summed E-state index contributed by atoms with van der Waals surface area (Å²) in [7, 11) is 0. The van der Waals surface area contributed by atoms with Crippen LogP contribution < -0.4 is 21.3 Å². The highest BCUT2D eigenvalue weighted by atomic mass is 35.5. The minimum Gasteiger partial charge on any atom is -0.482 e. The first-order chi connectivity index (χ1) is 18.8. The molecule has 40 heavy (non-hydrogen) atoms. The lowest BCUT2D eigenvalue weighted by Gasteiger charge is -2.18. The number of carbonyl (C=O) groups excluding carboxylic acids is 2. The average molecular weight is 586 g/mol. The number of aromatic nitrogens is 2. The summed E-state index contributed by atoms with van der Waals surface area (Å²) in [5, 5.41) is 12.0. The van der Waals surface area contributed by atoms with Crippen molar-refractivity contribution in [3.63, 3.8) is 0 Å². The quantitative estimate of drug-likeness (QED) is 0.280. The molecule has 0 radical (unpaired) electrons. The Hall–Kier alpha value is -4.46. The van der Waals surface area contributed by atoms with Crippen molar-refractivity contribution >= 4 is 57.6 Å². The topological polar surface area (TPSA) is 177 Å². The molecule has 0 unspecified atom stereocenters. The fraction of sp³-hybridized carbons (Fsp3) is 0.192. The van der Waals surface area contributed by atoms with Crippen LogP contribution in [0.15, 0.2) is 53.3 Å². The maximum atomic E-state index is 12.3. The Morgan fingerprint density at radius 2 is 1.90 bits per heavy atom. The summed E-state index contributed by atoms with van der Waals surface area (Å²) in [6.45, 7) is 1.28. The van der Waals surface area contributed by atoms with Crippen LogP contribution in [-0.4, -0.2) is 44.6 Å². The van der Waals surface area contributed by atoms with E-state index in [1.54, 1.807) is 0 Å². The first-order valence-corrected chi connectivity index (χ1v) is 12.6. The molecule has 12 nitrogen and oxygen atoms in total. The number of ether oxygens (including phenoxy) is 2. The molecular formula is C26H24ClN5O7S. The van der Waals surface area contributed by atoms with Gasteiger partial charge in [0.15, 0.2) is 6.61 Å². The van der Waals surface area contributed by atoms with Gasteiger partial charge in [0.05, 0.1) is 24.2 Å². The third-order valence-corrected chi connectivity index (χ3v) is 7.12. The van der Waals surface area contributed by atoms with Crippen LogP contribution in [0.4, 0.5) is 10.5 Å². The van der Waals surface area contributed by atoms with Crippen molar-refractivity contribution < 1.29 is 29.0 Å². The summed E-state index contributed by atoms with van der Waals surface area (Å²) in [5.41, 5.74) is 8.23. The highest BCUT2D eigenvalue weighted by molar-refractivity contribution is 7.18. The molecular weight excluding hydrogens is 562 g/mol. The predicted molar refractivity (Wildman–Crippen MR) is 149 cm³/mol. The van der Waals surface area contributed by atoms with Crippen molar-refractivity contribution in [2.75, 3.05) is 11.9 Å². The summed E-state index contributed by atoms with van der Waals surface area (Å²) >= 11 is 1.22. The number of nitrogens with two attached hydrogens (primary N) is 1. The van der Waals surface area contributed by atoms with E-state index in [1.165, 1.54) is 16.2 Å². The summed E-state index contributed by atoms with van der Waals surface area (Å²) in [6, 6.07) is 14.9. The van der Waals surface area contributed by atoms with Crippen LogP contribution in [0.1, 0.15) is 32.2 Å². The van der Waals surface area contributed by atoms with Gasteiger partial charge in [0.2, 0.25) is 5.82 Å². The van der Waals surface area contributed by atoms with Gasteiger partial charge in [-0.15, -0.1) is 23.7 Å². The van der Waals surface area contributed by atoms with E-state index >= 15 is 0 Å². The van der Waals surface area contributed by atoms with Gasteiger partial charge in [0.25, 0.3) is 11.5 Å². The molecule has 0 aliphatic carbocycles. The van der Waals surface area contributed by atoms with Gasteiger partial charge in [-0.05, 0) is 23.3 Å². The van der Waals surface area contributed by atoms with Gasteiger partial charge < -0.3 is 30.6 Å². The molecule has 0 fully saturated rings. The standard InChI is InChI=1S/C17H13N3O5S.C9H10N2O2.ClH/c21-14-12-10-6-20(17(24)25-8-9-4-2-1-3-5-9)7-11(10)26-15(12)19-13(18-14)16(22)23;10-4-6-1-2-8-7(3-6)11-9(12)5-13-8;/h1-5H,6-8H2,(H,22,23)(H,18,19,21);1-3H,4-5,10H2,(H,11,12);1H. The van der Waals surface area contributed by atoms with Crippen molar-refractivity contribution in [1.82, 2.24) is 14.9 Å². The van der Waals surface area contributed by atoms with Crippen molar-refractivity contribution in [1.29, 1.82) is 0 Å². The second kappa shape index (κ2) is 12.2. The van der Waals surface area contributed by atoms with E-state index in [1.807, 2.05) is 48.5 Å². The zero-order chi connectivity index (χ0) is 27.5. The van der Waals surface area contributed by atoms with Crippen LogP contribution in [0.25, 0.3) is 10.2 Å². The number of H-pyrrole nitrogens is 1. The zero-order valence-corrected chi connectivity index (χ0v) is 22.5. The highest BCUT2D eigenvalue weighted by Gasteiger charge is 2.30. The summed E-state index contributed by atoms with van der Waals surface area (Å²) in [5.74, 6) is -1.09. The number of aromatic amines is 1. The Bertz CT molecular complexity index is 1640. The Labute approximate surface area is 237 Å². The lowest BCUT2D eigenvalue weighted by atomic mass is 10.1. The number of thiophene rings is 1. The Morgan fingerprint density at radius 3 is 2.62 bits per heavy atom. The molecule has 2 aliphatic rings. The van der Waals surface area contributed by atoms with Gasteiger partial charge >= 0.3 is 12.1 Å². The number of fused-ring (bicyclic) bond motifs is 4.